The molecule has 2 amide bonds. The first kappa shape index (κ1) is 21.8. The second-order valence-corrected chi connectivity index (χ2v) is 6.86. The third kappa shape index (κ3) is 6.30. The normalized spacial score (nSPS) is 10.3. The summed E-state index contributed by atoms with van der Waals surface area (Å²) in [7, 11) is 3.17. The van der Waals surface area contributed by atoms with Gasteiger partial charge in [-0.05, 0) is 53.9 Å². The maximum atomic E-state index is 12.3. The largest absolute Gasteiger partial charge is 0.493 e. The lowest BCUT2D eigenvalue weighted by atomic mass is 10.1. The van der Waals surface area contributed by atoms with Gasteiger partial charge in [-0.25, -0.2) is 0 Å². The summed E-state index contributed by atoms with van der Waals surface area (Å²) in [5, 5.41) is 5.74. The van der Waals surface area contributed by atoms with E-state index in [4.69, 9.17) is 9.47 Å². The van der Waals surface area contributed by atoms with E-state index in [1.54, 1.807) is 32.5 Å². The van der Waals surface area contributed by atoms with E-state index in [2.05, 4.69) is 15.6 Å². The molecule has 0 saturated heterocycles. The Morgan fingerprint density at radius 1 is 0.935 bits per heavy atom. The number of pyridine rings is 1. The van der Waals surface area contributed by atoms with Crippen molar-refractivity contribution in [1.82, 2.24) is 10.3 Å². The summed E-state index contributed by atoms with van der Waals surface area (Å²) >= 11 is 0. The van der Waals surface area contributed by atoms with E-state index in [1.165, 1.54) is 6.20 Å². The first-order chi connectivity index (χ1) is 15.1. The van der Waals surface area contributed by atoms with Gasteiger partial charge in [0.2, 0.25) is 5.91 Å². The lowest BCUT2D eigenvalue weighted by Crippen LogP contribution is -2.22. The van der Waals surface area contributed by atoms with Crippen LogP contribution in [0.3, 0.4) is 0 Å². The van der Waals surface area contributed by atoms with Crippen molar-refractivity contribution < 1.29 is 19.1 Å². The van der Waals surface area contributed by atoms with E-state index in [0.29, 0.717) is 42.1 Å². The van der Waals surface area contributed by atoms with Gasteiger partial charge in [-0.1, -0.05) is 18.2 Å². The molecule has 0 fully saturated rings. The highest BCUT2D eigenvalue weighted by atomic mass is 16.5. The van der Waals surface area contributed by atoms with Crippen molar-refractivity contribution in [2.45, 2.75) is 19.4 Å². The first-order valence-electron chi connectivity index (χ1n) is 9.87. The predicted octanol–water partition coefficient (Wildman–Crippen LogP) is 3.60. The number of amides is 2. The first-order valence-corrected chi connectivity index (χ1v) is 9.87. The van der Waals surface area contributed by atoms with Gasteiger partial charge in [0.25, 0.3) is 5.91 Å². The molecule has 0 aliphatic carbocycles. The maximum absolute atomic E-state index is 12.3. The van der Waals surface area contributed by atoms with Crippen molar-refractivity contribution in [3.63, 3.8) is 0 Å². The third-order valence-electron chi connectivity index (χ3n) is 4.70. The molecule has 3 aromatic rings. The van der Waals surface area contributed by atoms with Crippen molar-refractivity contribution in [3.8, 4) is 11.5 Å². The van der Waals surface area contributed by atoms with Crippen LogP contribution in [0.4, 0.5) is 5.69 Å². The number of benzene rings is 2. The fourth-order valence-corrected chi connectivity index (χ4v) is 3.00. The number of nitrogens with one attached hydrogen (secondary N) is 2. The predicted molar refractivity (Wildman–Crippen MR) is 118 cm³/mol. The molecule has 7 heteroatoms. The number of ether oxygens (including phenoxy) is 2. The van der Waals surface area contributed by atoms with Crippen LogP contribution in [-0.4, -0.2) is 31.0 Å². The SMILES string of the molecule is COc1ccc(CCC(=O)Nc2ccc(CNC(=O)c3cccnc3)cc2)cc1OC. The highest BCUT2D eigenvalue weighted by molar-refractivity contribution is 5.93. The molecule has 1 heterocycles. The number of nitrogens with zero attached hydrogens (tertiary/aromatic N) is 1. The zero-order valence-electron chi connectivity index (χ0n) is 17.6. The van der Waals surface area contributed by atoms with E-state index >= 15 is 0 Å². The lowest BCUT2D eigenvalue weighted by molar-refractivity contribution is -0.116. The number of aryl methyl sites for hydroxylation is 1. The molecule has 1 aromatic heterocycles. The maximum Gasteiger partial charge on any atom is 0.253 e. The summed E-state index contributed by atoms with van der Waals surface area (Å²) < 4.78 is 10.5. The molecule has 3 rings (SSSR count). The van der Waals surface area contributed by atoms with Gasteiger partial charge in [0.15, 0.2) is 11.5 Å². The van der Waals surface area contributed by atoms with Crippen LogP contribution in [0.2, 0.25) is 0 Å². The average molecular weight is 419 g/mol. The third-order valence-corrected chi connectivity index (χ3v) is 4.70. The van der Waals surface area contributed by atoms with Gasteiger partial charge in [0.1, 0.15) is 0 Å². The second-order valence-electron chi connectivity index (χ2n) is 6.86. The van der Waals surface area contributed by atoms with Gasteiger partial charge in [0, 0.05) is 31.0 Å². The quantitative estimate of drug-likeness (QED) is 0.553. The highest BCUT2D eigenvalue weighted by Gasteiger charge is 2.08. The van der Waals surface area contributed by atoms with Gasteiger partial charge in [-0.15, -0.1) is 0 Å². The minimum absolute atomic E-state index is 0.0765. The van der Waals surface area contributed by atoms with Gasteiger partial charge in [-0.3, -0.25) is 14.6 Å². The van der Waals surface area contributed by atoms with E-state index in [0.717, 1.165) is 11.1 Å². The lowest BCUT2D eigenvalue weighted by Gasteiger charge is -2.10. The van der Waals surface area contributed by atoms with Crippen molar-refractivity contribution >= 4 is 17.5 Å². The molecule has 0 spiro atoms. The number of carbonyl (C=O) groups excluding carboxylic acids is 2. The number of aromatic nitrogens is 1. The van der Waals surface area contributed by atoms with Gasteiger partial charge < -0.3 is 20.1 Å². The number of hydrogen-bond acceptors (Lipinski definition) is 5. The molecule has 0 atom stereocenters. The summed E-state index contributed by atoms with van der Waals surface area (Å²) in [5.74, 6) is 1.05. The zero-order chi connectivity index (χ0) is 22.1. The van der Waals surface area contributed by atoms with E-state index in [-0.39, 0.29) is 11.8 Å². The van der Waals surface area contributed by atoms with Crippen molar-refractivity contribution in [1.29, 1.82) is 0 Å². The molecule has 0 aliphatic rings. The Morgan fingerprint density at radius 2 is 1.68 bits per heavy atom. The summed E-state index contributed by atoms with van der Waals surface area (Å²) in [4.78, 5) is 28.3. The zero-order valence-corrected chi connectivity index (χ0v) is 17.6. The van der Waals surface area contributed by atoms with Crippen LogP contribution in [0.15, 0.2) is 67.0 Å². The van der Waals surface area contributed by atoms with Gasteiger partial charge in [-0.2, -0.15) is 0 Å². The monoisotopic (exact) mass is 419 g/mol. The Bertz CT molecular complexity index is 1020. The number of carbonyl (C=O) groups is 2. The van der Waals surface area contributed by atoms with E-state index < -0.39 is 0 Å². The molecule has 0 radical (unpaired) electrons. The standard InChI is InChI=1S/C24H25N3O4/c1-30-21-11-7-17(14-22(21)31-2)8-12-23(28)27-20-9-5-18(6-10-20)15-26-24(29)19-4-3-13-25-16-19/h3-7,9-11,13-14,16H,8,12,15H2,1-2H3,(H,26,29)(H,27,28). The van der Waals surface area contributed by atoms with Crippen LogP contribution in [0.1, 0.15) is 27.9 Å². The molecule has 0 bridgehead atoms. The van der Waals surface area contributed by atoms with Crippen LogP contribution < -0.4 is 20.1 Å². The number of rotatable bonds is 9. The van der Waals surface area contributed by atoms with Gasteiger partial charge >= 0.3 is 0 Å². The van der Waals surface area contributed by atoms with Crippen LogP contribution in [0, 0.1) is 0 Å². The number of methoxy groups -OCH3 is 2. The van der Waals surface area contributed by atoms with Crippen LogP contribution in [-0.2, 0) is 17.8 Å². The minimum Gasteiger partial charge on any atom is -0.493 e. The Labute approximate surface area is 181 Å². The highest BCUT2D eigenvalue weighted by Crippen LogP contribution is 2.28. The second kappa shape index (κ2) is 10.8. The summed E-state index contributed by atoms with van der Waals surface area (Å²) in [6.45, 7) is 0.390. The Morgan fingerprint density at radius 3 is 2.35 bits per heavy atom. The number of anilines is 1. The molecule has 2 N–H and O–H groups in total. The van der Waals surface area contributed by atoms with E-state index in [1.807, 2.05) is 42.5 Å². The smallest absolute Gasteiger partial charge is 0.253 e. The molecule has 0 unspecified atom stereocenters. The molecule has 2 aromatic carbocycles. The van der Waals surface area contributed by atoms with Crippen LogP contribution >= 0.6 is 0 Å². The van der Waals surface area contributed by atoms with Gasteiger partial charge in [0.05, 0.1) is 19.8 Å². The Kier molecular flexibility index (Phi) is 7.59. The topological polar surface area (TPSA) is 89.6 Å². The molecule has 0 saturated carbocycles. The molecular formula is C24H25N3O4. The minimum atomic E-state index is -0.180. The molecule has 31 heavy (non-hydrogen) atoms. The summed E-state index contributed by atoms with van der Waals surface area (Å²) in [5.41, 5.74) is 3.15. The summed E-state index contributed by atoms with van der Waals surface area (Å²) in [6, 6.07) is 16.4. The fourth-order valence-electron chi connectivity index (χ4n) is 3.00. The molecular weight excluding hydrogens is 394 g/mol. The average Bonchev–Trinajstić information content (AvgIpc) is 2.82. The van der Waals surface area contributed by atoms with Crippen molar-refractivity contribution in [2.75, 3.05) is 19.5 Å². The van der Waals surface area contributed by atoms with E-state index in [9.17, 15) is 9.59 Å². The Balaban J connectivity index is 1.47. The fraction of sp³-hybridized carbons (Fsp3) is 0.208. The molecule has 7 nitrogen and oxygen atoms in total. The van der Waals surface area contributed by atoms with Crippen molar-refractivity contribution in [3.05, 3.63) is 83.7 Å². The molecule has 0 aliphatic heterocycles. The van der Waals surface area contributed by atoms with Crippen molar-refractivity contribution in [2.24, 2.45) is 0 Å². The van der Waals surface area contributed by atoms with Crippen LogP contribution in [0.25, 0.3) is 0 Å². The number of hydrogen-bond donors (Lipinski definition) is 2. The Hall–Kier alpha value is -3.87. The molecule has 160 valence electrons. The van der Waals surface area contributed by atoms with Crippen LogP contribution in [0.5, 0.6) is 11.5 Å². The summed E-state index contributed by atoms with van der Waals surface area (Å²) in [6.07, 6.45) is 4.08.